The molecule has 1 rings (SSSR count). The van der Waals surface area contributed by atoms with E-state index in [-0.39, 0.29) is 6.10 Å². The molecule has 0 aromatic heterocycles. The molecule has 1 saturated heterocycles. The lowest BCUT2D eigenvalue weighted by molar-refractivity contribution is 0.161. The zero-order chi connectivity index (χ0) is 7.82. The minimum atomic E-state index is -0.0370. The molecule has 0 saturated carbocycles. The van der Waals surface area contributed by atoms with Crippen molar-refractivity contribution in [2.24, 2.45) is 0 Å². The van der Waals surface area contributed by atoms with E-state index >= 15 is 0 Å². The van der Waals surface area contributed by atoms with E-state index in [1.165, 1.54) is 0 Å². The van der Waals surface area contributed by atoms with Crippen molar-refractivity contribution in [3.8, 4) is 0 Å². The summed E-state index contributed by atoms with van der Waals surface area (Å²) in [6.45, 7) is 6.07. The Kier molecular flexibility index (Phi) is 6.98. The molecule has 1 fully saturated rings. The SMILES string of the molecule is CC.OC1CCCNCC1. The average Bonchev–Trinajstić information content (AvgIpc) is 2.21. The number of rotatable bonds is 0. The predicted molar refractivity (Wildman–Crippen MR) is 44.1 cm³/mol. The van der Waals surface area contributed by atoms with Crippen LogP contribution < -0.4 is 5.32 Å². The van der Waals surface area contributed by atoms with E-state index in [2.05, 4.69) is 5.32 Å². The molecule has 0 amide bonds. The van der Waals surface area contributed by atoms with Crippen molar-refractivity contribution in [2.45, 2.75) is 39.2 Å². The van der Waals surface area contributed by atoms with Gasteiger partial charge in [0.2, 0.25) is 0 Å². The molecule has 2 N–H and O–H groups in total. The summed E-state index contributed by atoms with van der Waals surface area (Å²) in [5.74, 6) is 0. The minimum Gasteiger partial charge on any atom is -0.393 e. The van der Waals surface area contributed by atoms with E-state index in [9.17, 15) is 0 Å². The maximum atomic E-state index is 9.05. The van der Waals surface area contributed by atoms with Crippen molar-refractivity contribution in [1.82, 2.24) is 5.32 Å². The molecule has 2 nitrogen and oxygen atoms in total. The molecule has 1 aliphatic rings. The van der Waals surface area contributed by atoms with Crippen LogP contribution in [-0.4, -0.2) is 24.3 Å². The van der Waals surface area contributed by atoms with Crippen LogP contribution in [0.1, 0.15) is 33.1 Å². The Labute approximate surface area is 63.6 Å². The van der Waals surface area contributed by atoms with Crippen LogP contribution in [0.3, 0.4) is 0 Å². The van der Waals surface area contributed by atoms with Gasteiger partial charge in [0, 0.05) is 0 Å². The van der Waals surface area contributed by atoms with Gasteiger partial charge in [-0.2, -0.15) is 0 Å². The molecular formula is C8H19NO. The Hall–Kier alpha value is -0.0800. The lowest BCUT2D eigenvalue weighted by Gasteiger charge is -2.01. The highest BCUT2D eigenvalue weighted by atomic mass is 16.3. The van der Waals surface area contributed by atoms with E-state index in [0.29, 0.717) is 0 Å². The third-order valence-corrected chi connectivity index (χ3v) is 1.55. The van der Waals surface area contributed by atoms with E-state index in [1.807, 2.05) is 13.8 Å². The van der Waals surface area contributed by atoms with Crippen molar-refractivity contribution in [2.75, 3.05) is 13.1 Å². The summed E-state index contributed by atoms with van der Waals surface area (Å²) in [6.07, 6.45) is 3.00. The number of aliphatic hydroxyl groups is 1. The molecule has 1 aliphatic heterocycles. The first-order valence-corrected chi connectivity index (χ1v) is 4.28. The second kappa shape index (κ2) is 7.03. The molecule has 0 aliphatic carbocycles. The number of hydrogen-bond acceptors (Lipinski definition) is 2. The third-order valence-electron chi connectivity index (χ3n) is 1.55. The summed E-state index contributed by atoms with van der Waals surface area (Å²) in [7, 11) is 0. The van der Waals surface area contributed by atoms with Crippen LogP contribution in [0.25, 0.3) is 0 Å². The number of aliphatic hydroxyl groups excluding tert-OH is 1. The van der Waals surface area contributed by atoms with Crippen LogP contribution in [0.5, 0.6) is 0 Å². The molecule has 1 atom stereocenters. The topological polar surface area (TPSA) is 32.3 Å². The molecular weight excluding hydrogens is 126 g/mol. The Bertz CT molecular complexity index is 58.3. The molecule has 0 bridgehead atoms. The second-order valence-corrected chi connectivity index (χ2v) is 2.33. The van der Waals surface area contributed by atoms with Gasteiger partial charge in [-0.05, 0) is 32.4 Å². The van der Waals surface area contributed by atoms with Crippen LogP contribution in [0.15, 0.2) is 0 Å². The second-order valence-electron chi connectivity index (χ2n) is 2.33. The Morgan fingerprint density at radius 2 is 1.90 bits per heavy atom. The van der Waals surface area contributed by atoms with Crippen LogP contribution in [0.2, 0.25) is 0 Å². The van der Waals surface area contributed by atoms with Gasteiger partial charge in [-0.1, -0.05) is 13.8 Å². The zero-order valence-electron chi connectivity index (χ0n) is 7.06. The van der Waals surface area contributed by atoms with E-state index in [1.54, 1.807) is 0 Å². The fourth-order valence-corrected chi connectivity index (χ4v) is 1.00. The summed E-state index contributed by atoms with van der Waals surface area (Å²) in [5, 5.41) is 12.3. The molecule has 2 heteroatoms. The fraction of sp³-hybridized carbons (Fsp3) is 1.00. The summed E-state index contributed by atoms with van der Waals surface area (Å²) < 4.78 is 0. The van der Waals surface area contributed by atoms with E-state index < -0.39 is 0 Å². The van der Waals surface area contributed by atoms with Crippen LogP contribution >= 0.6 is 0 Å². The summed E-state index contributed by atoms with van der Waals surface area (Å²) in [5.41, 5.74) is 0. The number of hydrogen-bond donors (Lipinski definition) is 2. The molecule has 1 unspecified atom stereocenters. The molecule has 62 valence electrons. The predicted octanol–water partition coefficient (Wildman–Crippen LogP) is 1.15. The Balaban J connectivity index is 0.000000371. The summed E-state index contributed by atoms with van der Waals surface area (Å²) in [6, 6.07) is 0. The van der Waals surface area contributed by atoms with Gasteiger partial charge in [0.25, 0.3) is 0 Å². The molecule has 0 radical (unpaired) electrons. The molecule has 0 spiro atoms. The van der Waals surface area contributed by atoms with Gasteiger partial charge in [0.05, 0.1) is 6.10 Å². The van der Waals surface area contributed by atoms with Crippen molar-refractivity contribution in [1.29, 1.82) is 0 Å². The van der Waals surface area contributed by atoms with Crippen LogP contribution in [0.4, 0.5) is 0 Å². The highest BCUT2D eigenvalue weighted by molar-refractivity contribution is 4.63. The normalized spacial score (nSPS) is 26.1. The monoisotopic (exact) mass is 145 g/mol. The van der Waals surface area contributed by atoms with Crippen molar-refractivity contribution >= 4 is 0 Å². The number of nitrogens with one attached hydrogen (secondary N) is 1. The lowest BCUT2D eigenvalue weighted by atomic mass is 10.2. The van der Waals surface area contributed by atoms with E-state index in [0.717, 1.165) is 32.4 Å². The van der Waals surface area contributed by atoms with Gasteiger partial charge < -0.3 is 10.4 Å². The van der Waals surface area contributed by atoms with Gasteiger partial charge >= 0.3 is 0 Å². The van der Waals surface area contributed by atoms with E-state index in [4.69, 9.17) is 5.11 Å². The quantitative estimate of drug-likeness (QED) is 0.536. The molecule has 1 heterocycles. The van der Waals surface area contributed by atoms with Crippen molar-refractivity contribution in [3.05, 3.63) is 0 Å². The highest BCUT2D eigenvalue weighted by Gasteiger charge is 2.05. The fourth-order valence-electron chi connectivity index (χ4n) is 1.00. The summed E-state index contributed by atoms with van der Waals surface area (Å²) in [4.78, 5) is 0. The first-order chi connectivity index (χ1) is 4.89. The zero-order valence-corrected chi connectivity index (χ0v) is 7.06. The molecule has 10 heavy (non-hydrogen) atoms. The largest absolute Gasteiger partial charge is 0.393 e. The van der Waals surface area contributed by atoms with Gasteiger partial charge in [-0.3, -0.25) is 0 Å². The molecule has 0 aromatic rings. The van der Waals surface area contributed by atoms with Crippen molar-refractivity contribution in [3.63, 3.8) is 0 Å². The average molecular weight is 145 g/mol. The standard InChI is InChI=1S/C6H13NO.C2H6/c8-6-2-1-4-7-5-3-6;1-2/h6-8H,1-5H2;1-2H3. The van der Waals surface area contributed by atoms with Crippen LogP contribution in [0, 0.1) is 0 Å². The van der Waals surface area contributed by atoms with Gasteiger partial charge in [-0.15, -0.1) is 0 Å². The van der Waals surface area contributed by atoms with Gasteiger partial charge in [-0.25, -0.2) is 0 Å². The Morgan fingerprint density at radius 1 is 1.20 bits per heavy atom. The maximum absolute atomic E-state index is 9.05. The summed E-state index contributed by atoms with van der Waals surface area (Å²) >= 11 is 0. The third kappa shape index (κ3) is 4.77. The lowest BCUT2D eigenvalue weighted by Crippen LogP contribution is -2.14. The molecule has 0 aromatic carbocycles. The van der Waals surface area contributed by atoms with Crippen LogP contribution in [-0.2, 0) is 0 Å². The van der Waals surface area contributed by atoms with Gasteiger partial charge in [0.15, 0.2) is 0 Å². The minimum absolute atomic E-state index is 0.0370. The van der Waals surface area contributed by atoms with Crippen molar-refractivity contribution < 1.29 is 5.11 Å². The maximum Gasteiger partial charge on any atom is 0.0552 e. The van der Waals surface area contributed by atoms with Gasteiger partial charge in [0.1, 0.15) is 0 Å². The smallest absolute Gasteiger partial charge is 0.0552 e. The Morgan fingerprint density at radius 3 is 2.60 bits per heavy atom. The first-order valence-electron chi connectivity index (χ1n) is 4.28. The highest BCUT2D eigenvalue weighted by Crippen LogP contribution is 2.02. The first kappa shape index (κ1) is 9.92.